The zero-order chi connectivity index (χ0) is 20.5. The molecule has 0 aromatic carbocycles. The van der Waals surface area contributed by atoms with E-state index in [-0.39, 0.29) is 0 Å². The Morgan fingerprint density at radius 1 is 0.607 bits per heavy atom. The minimum atomic E-state index is -0.586. The van der Waals surface area contributed by atoms with Crippen molar-refractivity contribution >= 4 is 6.16 Å². The van der Waals surface area contributed by atoms with Crippen LogP contribution in [0.5, 0.6) is 0 Å². The van der Waals surface area contributed by atoms with Crippen molar-refractivity contribution in [2.45, 2.75) is 136 Å². The molecule has 0 aliphatic carbocycles. The summed E-state index contributed by atoms with van der Waals surface area (Å²) in [4.78, 5) is 11.2. The molecule has 0 aliphatic heterocycles. The number of hydrogen-bond donors (Lipinski definition) is 0. The molecule has 28 heavy (non-hydrogen) atoms. The molecule has 0 amide bonds. The minimum absolute atomic E-state index is 0.447. The Hall–Kier alpha value is -0.990. The quantitative estimate of drug-likeness (QED) is 0.110. The van der Waals surface area contributed by atoms with Crippen molar-refractivity contribution in [1.29, 1.82) is 0 Å². The van der Waals surface area contributed by atoms with Gasteiger partial charge >= 0.3 is 6.16 Å². The van der Waals surface area contributed by atoms with Crippen molar-refractivity contribution < 1.29 is 14.3 Å². The van der Waals surface area contributed by atoms with Crippen LogP contribution in [0.2, 0.25) is 0 Å². The first-order chi connectivity index (χ1) is 13.8. The predicted molar refractivity (Wildman–Crippen MR) is 121 cm³/mol. The highest BCUT2D eigenvalue weighted by Gasteiger charge is 1.99. The molecular formula is C25H48O3. The van der Waals surface area contributed by atoms with Gasteiger partial charge in [0.2, 0.25) is 0 Å². The standard InChI is InChI=1S/C25H48O3/c1-3-5-7-8-9-10-11-12-13-14-15-16-17-18-19-20-21-22-24-28-25(26)27-23-6-4-2/h22,24H,3-21,23H2,1-2H3. The number of rotatable bonds is 21. The molecule has 0 aromatic rings. The lowest BCUT2D eigenvalue weighted by Crippen LogP contribution is -2.04. The summed E-state index contributed by atoms with van der Waals surface area (Å²) in [5.41, 5.74) is 0. The molecule has 3 heteroatoms. The van der Waals surface area contributed by atoms with Gasteiger partial charge < -0.3 is 9.47 Å². The number of allylic oxidation sites excluding steroid dienone is 1. The fourth-order valence-electron chi connectivity index (χ4n) is 3.32. The molecule has 0 unspecified atom stereocenters. The lowest BCUT2D eigenvalue weighted by atomic mass is 10.0. The third-order valence-corrected chi connectivity index (χ3v) is 5.20. The Balaban J connectivity index is 3.13. The SMILES string of the molecule is CCCCCCCCCCCCCCCCCCC=COC(=O)OCCCC. The molecule has 0 fully saturated rings. The van der Waals surface area contributed by atoms with Gasteiger partial charge in [-0.05, 0) is 25.3 Å². The summed E-state index contributed by atoms with van der Waals surface area (Å²) in [5.74, 6) is 0. The average Bonchev–Trinajstić information content (AvgIpc) is 2.70. The second kappa shape index (κ2) is 24.0. The number of unbranched alkanes of at least 4 members (excludes halogenated alkanes) is 17. The summed E-state index contributed by atoms with van der Waals surface area (Å²) in [6.07, 6.45) is 27.9. The Morgan fingerprint density at radius 2 is 1.04 bits per heavy atom. The predicted octanol–water partition coefficient (Wildman–Crippen LogP) is 9.11. The van der Waals surface area contributed by atoms with Crippen molar-refractivity contribution in [3.63, 3.8) is 0 Å². The first-order valence-corrected chi connectivity index (χ1v) is 12.3. The van der Waals surface area contributed by atoms with Crippen molar-refractivity contribution in [2.24, 2.45) is 0 Å². The second-order valence-corrected chi connectivity index (χ2v) is 8.03. The molecular weight excluding hydrogens is 348 g/mol. The molecule has 0 spiro atoms. The van der Waals surface area contributed by atoms with Crippen LogP contribution in [0.1, 0.15) is 136 Å². The molecule has 0 aromatic heterocycles. The molecule has 0 rings (SSSR count). The number of hydrogen-bond acceptors (Lipinski definition) is 3. The van der Waals surface area contributed by atoms with E-state index in [0.29, 0.717) is 6.61 Å². The molecule has 0 saturated carbocycles. The van der Waals surface area contributed by atoms with E-state index in [4.69, 9.17) is 9.47 Å². The molecule has 3 nitrogen and oxygen atoms in total. The van der Waals surface area contributed by atoms with Gasteiger partial charge in [0.15, 0.2) is 0 Å². The van der Waals surface area contributed by atoms with E-state index >= 15 is 0 Å². The smallest absolute Gasteiger partial charge is 0.434 e. The van der Waals surface area contributed by atoms with Crippen LogP contribution in [0.15, 0.2) is 12.3 Å². The van der Waals surface area contributed by atoms with Gasteiger partial charge in [0, 0.05) is 0 Å². The van der Waals surface area contributed by atoms with Gasteiger partial charge in [0.1, 0.15) is 0 Å². The lowest BCUT2D eigenvalue weighted by molar-refractivity contribution is 0.0834. The summed E-state index contributed by atoms with van der Waals surface area (Å²) < 4.78 is 9.78. The Labute approximate surface area is 175 Å². The van der Waals surface area contributed by atoms with Gasteiger partial charge in [0.25, 0.3) is 0 Å². The van der Waals surface area contributed by atoms with E-state index in [1.165, 1.54) is 109 Å². The van der Waals surface area contributed by atoms with Gasteiger partial charge in [-0.25, -0.2) is 4.79 Å². The summed E-state index contributed by atoms with van der Waals surface area (Å²) in [5, 5.41) is 0. The summed E-state index contributed by atoms with van der Waals surface area (Å²) >= 11 is 0. The highest BCUT2D eigenvalue weighted by molar-refractivity contribution is 5.60. The van der Waals surface area contributed by atoms with E-state index in [1.54, 1.807) is 0 Å². The molecule has 0 atom stereocenters. The zero-order valence-electron chi connectivity index (χ0n) is 19.0. The van der Waals surface area contributed by atoms with Crippen LogP contribution in [0.4, 0.5) is 4.79 Å². The molecule has 0 N–H and O–H groups in total. The van der Waals surface area contributed by atoms with E-state index in [2.05, 4.69) is 13.8 Å². The van der Waals surface area contributed by atoms with Crippen LogP contribution in [-0.2, 0) is 9.47 Å². The van der Waals surface area contributed by atoms with Crippen molar-refractivity contribution in [1.82, 2.24) is 0 Å². The normalized spacial score (nSPS) is 11.2. The van der Waals surface area contributed by atoms with Gasteiger partial charge in [-0.3, -0.25) is 0 Å². The van der Waals surface area contributed by atoms with Crippen molar-refractivity contribution in [3.05, 3.63) is 12.3 Å². The van der Waals surface area contributed by atoms with Crippen LogP contribution >= 0.6 is 0 Å². The number of ether oxygens (including phenoxy) is 2. The summed E-state index contributed by atoms with van der Waals surface area (Å²) in [6, 6.07) is 0. The molecule has 0 aliphatic rings. The fourth-order valence-corrected chi connectivity index (χ4v) is 3.32. The molecule has 0 bridgehead atoms. The average molecular weight is 397 g/mol. The van der Waals surface area contributed by atoms with Gasteiger partial charge in [-0.1, -0.05) is 117 Å². The Bertz CT molecular complexity index is 339. The first-order valence-electron chi connectivity index (χ1n) is 12.3. The third-order valence-electron chi connectivity index (χ3n) is 5.20. The van der Waals surface area contributed by atoms with Gasteiger partial charge in [0.05, 0.1) is 12.9 Å². The van der Waals surface area contributed by atoms with Crippen LogP contribution in [-0.4, -0.2) is 12.8 Å². The molecule has 166 valence electrons. The van der Waals surface area contributed by atoms with Gasteiger partial charge in [-0.15, -0.1) is 0 Å². The maximum atomic E-state index is 11.2. The third kappa shape index (κ3) is 23.0. The largest absolute Gasteiger partial charge is 0.513 e. The Kier molecular flexibility index (Phi) is 23.2. The monoisotopic (exact) mass is 396 g/mol. The molecule has 0 heterocycles. The molecule has 0 saturated heterocycles. The highest BCUT2D eigenvalue weighted by atomic mass is 16.7. The van der Waals surface area contributed by atoms with E-state index < -0.39 is 6.16 Å². The van der Waals surface area contributed by atoms with Gasteiger partial charge in [-0.2, -0.15) is 0 Å². The lowest BCUT2D eigenvalue weighted by Gasteiger charge is -2.03. The van der Waals surface area contributed by atoms with Crippen LogP contribution < -0.4 is 0 Å². The van der Waals surface area contributed by atoms with Crippen LogP contribution in [0.3, 0.4) is 0 Å². The topological polar surface area (TPSA) is 35.5 Å². The minimum Gasteiger partial charge on any atom is -0.434 e. The molecule has 0 radical (unpaired) electrons. The highest BCUT2D eigenvalue weighted by Crippen LogP contribution is 2.14. The maximum absolute atomic E-state index is 11.2. The van der Waals surface area contributed by atoms with Crippen molar-refractivity contribution in [3.8, 4) is 0 Å². The van der Waals surface area contributed by atoms with E-state index in [0.717, 1.165) is 19.3 Å². The maximum Gasteiger partial charge on any atom is 0.513 e. The Morgan fingerprint density at radius 3 is 1.50 bits per heavy atom. The van der Waals surface area contributed by atoms with Crippen molar-refractivity contribution in [2.75, 3.05) is 6.61 Å². The zero-order valence-corrected chi connectivity index (χ0v) is 19.0. The fraction of sp³-hybridized carbons (Fsp3) is 0.880. The van der Waals surface area contributed by atoms with Crippen LogP contribution in [0.25, 0.3) is 0 Å². The van der Waals surface area contributed by atoms with Crippen LogP contribution in [0, 0.1) is 0 Å². The van der Waals surface area contributed by atoms with E-state index in [9.17, 15) is 4.79 Å². The number of carbonyl (C=O) groups is 1. The second-order valence-electron chi connectivity index (χ2n) is 8.03. The van der Waals surface area contributed by atoms with E-state index in [1.807, 2.05) is 6.08 Å². The summed E-state index contributed by atoms with van der Waals surface area (Å²) in [6.45, 7) is 4.79. The summed E-state index contributed by atoms with van der Waals surface area (Å²) in [7, 11) is 0. The number of carbonyl (C=O) groups excluding carboxylic acids is 1. The first kappa shape index (κ1) is 27.0.